The third-order valence-electron chi connectivity index (χ3n) is 5.76. The number of carbonyl (C=O) groups is 1. The molecule has 194 valence electrons. The molecule has 11 nitrogen and oxygen atoms in total. The van der Waals surface area contributed by atoms with Gasteiger partial charge in [0.15, 0.2) is 7.11 Å². The Labute approximate surface area is 224 Å². The summed E-state index contributed by atoms with van der Waals surface area (Å²) in [4.78, 5) is 42.0. The average molecular weight is 546 g/mol. The molecule has 1 aliphatic heterocycles. The number of likely N-dealkylation sites (N-methyl/N-ethyl adjacent to an activating group) is 1. The number of nitrogens with two attached hydrogens (primary N) is 1. The Hall–Kier alpha value is -3.67. The highest BCUT2D eigenvalue weighted by atomic mass is 35.5. The van der Waals surface area contributed by atoms with Gasteiger partial charge >= 0.3 is 5.69 Å². The van der Waals surface area contributed by atoms with Crippen LogP contribution in [0.2, 0.25) is 10.0 Å². The van der Waals surface area contributed by atoms with Crippen LogP contribution in [-0.2, 0) is 9.63 Å². The lowest BCUT2D eigenvalue weighted by atomic mass is 10.1. The van der Waals surface area contributed by atoms with Crippen LogP contribution in [0.25, 0.3) is 11.3 Å². The Morgan fingerprint density at radius 3 is 2.41 bits per heavy atom. The molecular formula is C24H27Cl2N8O3+. The molecule has 4 rings (SSSR count). The number of benzene rings is 1. The highest BCUT2D eigenvalue weighted by Gasteiger charge is 2.26. The predicted octanol–water partition coefficient (Wildman–Crippen LogP) is 3.81. The minimum atomic E-state index is -0.00446. The van der Waals surface area contributed by atoms with E-state index in [1.165, 1.54) is 13.2 Å². The van der Waals surface area contributed by atoms with Crippen LogP contribution in [0.3, 0.4) is 0 Å². The maximum atomic E-state index is 12.8. The van der Waals surface area contributed by atoms with Gasteiger partial charge in [-0.2, -0.15) is 0 Å². The monoisotopic (exact) mass is 545 g/mol. The van der Waals surface area contributed by atoms with Crippen molar-refractivity contribution in [2.24, 2.45) is 0 Å². The molecule has 1 amide bonds. The summed E-state index contributed by atoms with van der Waals surface area (Å²) in [6, 6.07) is 12.1. The zero-order valence-corrected chi connectivity index (χ0v) is 21.9. The Morgan fingerprint density at radius 2 is 1.76 bits per heavy atom. The van der Waals surface area contributed by atoms with Crippen molar-refractivity contribution >= 4 is 57.9 Å². The molecule has 1 aliphatic rings. The molecule has 0 atom stereocenters. The van der Waals surface area contributed by atoms with Gasteiger partial charge in [0, 0.05) is 42.8 Å². The van der Waals surface area contributed by atoms with Gasteiger partial charge in [-0.15, -0.1) is 0 Å². The largest absolute Gasteiger partial charge is 0.378 e. The van der Waals surface area contributed by atoms with Gasteiger partial charge in [-0.1, -0.05) is 23.2 Å². The fraction of sp³-hybridized carbons (Fsp3) is 0.292. The second-order valence-electron chi connectivity index (χ2n) is 8.37. The number of hydrogen-bond donors (Lipinski definition) is 3. The number of piperazine rings is 1. The molecule has 0 radical (unpaired) electrons. The van der Waals surface area contributed by atoms with E-state index in [4.69, 9.17) is 33.9 Å². The van der Waals surface area contributed by atoms with E-state index in [1.54, 1.807) is 29.2 Å². The topological polar surface area (TPSA) is 129 Å². The Balaban J connectivity index is 1.50. The number of rotatable bonds is 9. The van der Waals surface area contributed by atoms with Gasteiger partial charge in [0.1, 0.15) is 11.6 Å². The summed E-state index contributed by atoms with van der Waals surface area (Å²) in [7, 11) is 3.17. The van der Waals surface area contributed by atoms with Crippen LogP contribution in [-0.4, -0.2) is 72.6 Å². The lowest BCUT2D eigenvalue weighted by molar-refractivity contribution is -0.736. The zero-order valence-electron chi connectivity index (χ0n) is 20.4. The van der Waals surface area contributed by atoms with Crippen molar-refractivity contribution in [2.45, 2.75) is 0 Å². The van der Waals surface area contributed by atoms with Gasteiger partial charge in [0.25, 0.3) is 4.92 Å². The number of nitrogen functional groups attached to an aromatic ring is 1. The smallest absolute Gasteiger partial charge is 0.358 e. The van der Waals surface area contributed by atoms with Gasteiger partial charge in [0.05, 0.1) is 27.9 Å². The Morgan fingerprint density at radius 1 is 1.05 bits per heavy atom. The second-order valence-corrected chi connectivity index (χ2v) is 9.21. The van der Waals surface area contributed by atoms with Gasteiger partial charge in [-0.05, 0) is 43.4 Å². The minimum Gasteiger partial charge on any atom is -0.378 e. The fourth-order valence-electron chi connectivity index (χ4n) is 3.89. The maximum Gasteiger partial charge on any atom is 0.358 e. The van der Waals surface area contributed by atoms with Gasteiger partial charge < -0.3 is 21.3 Å². The van der Waals surface area contributed by atoms with Crippen LogP contribution in [0.15, 0.2) is 42.5 Å². The number of pyridine rings is 2. The number of nitrogens with zero attached hydrogens (tertiary/aromatic N) is 5. The molecule has 0 aliphatic carbocycles. The molecule has 4 N–H and O–H groups in total. The molecular weight excluding hydrogens is 519 g/mol. The molecule has 0 unspecified atom stereocenters. The molecule has 0 saturated carbocycles. The van der Waals surface area contributed by atoms with E-state index in [0.29, 0.717) is 69.7 Å². The molecule has 1 aromatic carbocycles. The number of anilines is 4. The van der Waals surface area contributed by atoms with Gasteiger partial charge in [-0.3, -0.25) is 9.69 Å². The van der Waals surface area contributed by atoms with Gasteiger partial charge in [0.2, 0.25) is 11.7 Å². The number of amides is 1. The van der Waals surface area contributed by atoms with Gasteiger partial charge in [-0.25, -0.2) is 14.8 Å². The third-order valence-corrected chi connectivity index (χ3v) is 6.31. The first-order chi connectivity index (χ1) is 17.8. The molecule has 13 heteroatoms. The fourth-order valence-corrected chi connectivity index (χ4v) is 4.39. The average Bonchev–Trinajstić information content (AvgIpc) is 2.86. The summed E-state index contributed by atoms with van der Waals surface area (Å²) >= 11 is 12.6. The van der Waals surface area contributed by atoms with Crippen LogP contribution in [0.5, 0.6) is 0 Å². The normalized spacial score (nSPS) is 13.9. The summed E-state index contributed by atoms with van der Waals surface area (Å²) in [6.07, 6.45) is 0. The van der Waals surface area contributed by atoms with Crippen LogP contribution < -0.4 is 21.3 Å². The Bertz CT molecular complexity index is 1320. The lowest BCUT2D eigenvalue weighted by Gasteiger charge is -2.33. The first-order valence-corrected chi connectivity index (χ1v) is 12.2. The molecule has 3 aromatic rings. The van der Waals surface area contributed by atoms with Crippen molar-refractivity contribution in [1.29, 1.82) is 0 Å². The first kappa shape index (κ1) is 26.4. The molecule has 0 bridgehead atoms. The minimum absolute atomic E-state index is 0.00446. The van der Waals surface area contributed by atoms with Crippen molar-refractivity contribution in [2.75, 3.05) is 68.1 Å². The first-order valence-electron chi connectivity index (χ1n) is 11.5. The second kappa shape index (κ2) is 11.6. The summed E-state index contributed by atoms with van der Waals surface area (Å²) in [6.45, 7) is 2.63. The van der Waals surface area contributed by atoms with E-state index in [2.05, 4.69) is 20.5 Å². The number of aromatic nitrogens is 2. The third kappa shape index (κ3) is 6.19. The molecule has 2 aromatic heterocycles. The van der Waals surface area contributed by atoms with Crippen LogP contribution >= 0.6 is 23.2 Å². The van der Waals surface area contributed by atoms with E-state index in [1.807, 2.05) is 24.1 Å². The van der Waals surface area contributed by atoms with E-state index >= 15 is 0 Å². The highest BCUT2D eigenvalue weighted by Crippen LogP contribution is 2.36. The predicted molar refractivity (Wildman–Crippen MR) is 145 cm³/mol. The number of nitrogens with one attached hydrogen (secondary N) is 2. The van der Waals surface area contributed by atoms with Crippen molar-refractivity contribution in [3.63, 3.8) is 0 Å². The summed E-state index contributed by atoms with van der Waals surface area (Å²) in [5.41, 5.74) is 7.91. The molecule has 37 heavy (non-hydrogen) atoms. The summed E-state index contributed by atoms with van der Waals surface area (Å²) in [5, 5.41) is 7.36. The highest BCUT2D eigenvalue weighted by molar-refractivity contribution is 6.36. The molecule has 1 saturated heterocycles. The number of halogens is 2. The van der Waals surface area contributed by atoms with Crippen molar-refractivity contribution in [1.82, 2.24) is 14.9 Å². The van der Waals surface area contributed by atoms with Crippen LogP contribution in [0.1, 0.15) is 0 Å². The number of hydrogen-bond acceptors (Lipinski definition) is 9. The lowest BCUT2D eigenvalue weighted by Crippen LogP contribution is -2.49. The molecule has 0 spiro atoms. The summed E-state index contributed by atoms with van der Waals surface area (Å²) < 4.78 is 0. The van der Waals surface area contributed by atoms with Crippen molar-refractivity contribution in [3.8, 4) is 11.3 Å². The quantitative estimate of drug-likeness (QED) is 0.271. The van der Waals surface area contributed by atoms with Crippen molar-refractivity contribution in [3.05, 3.63) is 57.4 Å². The van der Waals surface area contributed by atoms with Crippen molar-refractivity contribution < 1.29 is 14.6 Å². The van der Waals surface area contributed by atoms with E-state index in [0.717, 1.165) is 6.54 Å². The van der Waals surface area contributed by atoms with Crippen LogP contribution in [0, 0.1) is 4.91 Å². The Kier molecular flexibility index (Phi) is 8.27. The molecule has 1 fully saturated rings. The van der Waals surface area contributed by atoms with Crippen LogP contribution in [0.4, 0.5) is 28.8 Å². The zero-order chi connectivity index (χ0) is 26.5. The summed E-state index contributed by atoms with van der Waals surface area (Å²) in [5.74, 6) is 1.17. The van der Waals surface area contributed by atoms with E-state index in [-0.39, 0.29) is 17.4 Å². The van der Waals surface area contributed by atoms with E-state index in [9.17, 15) is 9.70 Å². The number of carbonyl (C=O) groups excluding carboxylic acids is 1. The standard InChI is InChI=1S/C24H27Cl2N8O3/c1-32-11-12-33(22(35)14-32)18-5-7-20(30-23(18)16-4-3-15(25)13-17(16)26)28-9-10-29-21-8-6-19(24(27)31-21)34(36)37-2/h3-8,13H,9-12,14H2,1-2H3,(H,28,30)(H3,27,29,31)/q+1. The van der Waals surface area contributed by atoms with E-state index < -0.39 is 0 Å². The molecule has 3 heterocycles. The SMILES string of the molecule is CO[N+](=O)c1ccc(NCCNc2ccc(N3CCN(C)CC3=O)c(-c3ccc(Cl)cc3Cl)n2)nc1N. The maximum absolute atomic E-state index is 12.8.